The van der Waals surface area contributed by atoms with E-state index in [0.29, 0.717) is 22.9 Å². The van der Waals surface area contributed by atoms with E-state index in [9.17, 15) is 14.7 Å². The second-order valence-electron chi connectivity index (χ2n) is 9.50. The van der Waals surface area contributed by atoms with Gasteiger partial charge in [-0.3, -0.25) is 9.59 Å². The molecule has 1 unspecified atom stereocenters. The molecule has 1 aromatic heterocycles. The van der Waals surface area contributed by atoms with Gasteiger partial charge in [-0.1, -0.05) is 54.6 Å². The quantitative estimate of drug-likeness (QED) is 0.289. The van der Waals surface area contributed by atoms with Gasteiger partial charge in [0.2, 0.25) is 11.8 Å². The van der Waals surface area contributed by atoms with Crippen LogP contribution in [0.2, 0.25) is 0 Å². The first-order chi connectivity index (χ1) is 19.4. The number of aliphatic hydroxyl groups excluding tert-OH is 1. The molecule has 9 nitrogen and oxygen atoms in total. The van der Waals surface area contributed by atoms with Crippen LogP contribution in [0.3, 0.4) is 0 Å². The fraction of sp³-hybridized carbons (Fsp3) is 0.258. The first-order valence-corrected chi connectivity index (χ1v) is 13.0. The van der Waals surface area contributed by atoms with Crippen molar-refractivity contribution in [3.63, 3.8) is 0 Å². The van der Waals surface area contributed by atoms with E-state index in [-0.39, 0.29) is 18.5 Å². The average Bonchev–Trinajstić information content (AvgIpc) is 3.40. The molecule has 0 saturated carbocycles. The monoisotopic (exact) mass is 542 g/mol. The number of para-hydroxylation sites is 1. The predicted molar refractivity (Wildman–Crippen MR) is 154 cm³/mol. The zero-order valence-electron chi connectivity index (χ0n) is 23.1. The zero-order valence-corrected chi connectivity index (χ0v) is 23.1. The predicted octanol–water partition coefficient (Wildman–Crippen LogP) is 4.51. The summed E-state index contributed by atoms with van der Waals surface area (Å²) in [4.78, 5) is 28.4. The Balaban J connectivity index is 1.58. The van der Waals surface area contributed by atoms with Crippen molar-refractivity contribution < 1.29 is 24.2 Å². The van der Waals surface area contributed by atoms with E-state index >= 15 is 0 Å². The molecule has 0 aliphatic carbocycles. The number of ether oxygens (including phenoxy) is 2. The number of carbonyl (C=O) groups is 2. The molecule has 0 fully saturated rings. The number of aliphatic hydroxyl groups is 1. The summed E-state index contributed by atoms with van der Waals surface area (Å²) in [6, 6.07) is 24.0. The van der Waals surface area contributed by atoms with Gasteiger partial charge < -0.3 is 24.8 Å². The third-order valence-electron chi connectivity index (χ3n) is 6.59. The molecule has 0 radical (unpaired) electrons. The van der Waals surface area contributed by atoms with E-state index < -0.39 is 18.4 Å². The van der Waals surface area contributed by atoms with Gasteiger partial charge in [0.1, 0.15) is 6.54 Å². The lowest BCUT2D eigenvalue weighted by Crippen LogP contribution is -2.45. The maximum absolute atomic E-state index is 13.6. The summed E-state index contributed by atoms with van der Waals surface area (Å²) in [5.74, 6) is -0.316. The van der Waals surface area contributed by atoms with Gasteiger partial charge in [0.15, 0.2) is 17.3 Å². The van der Waals surface area contributed by atoms with Gasteiger partial charge in [-0.15, -0.1) is 5.10 Å². The molecular formula is C31H34N4O5. The smallest absolute Gasteiger partial charge is 0.245 e. The Hall–Kier alpha value is -4.63. The van der Waals surface area contributed by atoms with Gasteiger partial charge in [0.05, 0.1) is 32.4 Å². The van der Waals surface area contributed by atoms with Crippen LogP contribution in [-0.2, 0) is 9.59 Å². The minimum atomic E-state index is -0.882. The summed E-state index contributed by atoms with van der Waals surface area (Å²) in [7, 11) is 3.03. The molecule has 2 amide bonds. The van der Waals surface area contributed by atoms with Crippen molar-refractivity contribution in [3.05, 3.63) is 90.6 Å². The maximum Gasteiger partial charge on any atom is 0.245 e. The topological polar surface area (TPSA) is 106 Å². The molecule has 3 aromatic carbocycles. The summed E-state index contributed by atoms with van der Waals surface area (Å²) in [6.45, 7) is 3.01. The standard InChI is InChI=1S/C31H34N4O5/c1-21(2)34(31(38)26(20-36)23-15-16-27(39-3)28(17-23)40-4)19-29(37)32-30-25(22-11-7-5-8-12-22)18-35(33-30)24-13-9-6-10-14-24/h5-18,21,26,36H,19-20H2,1-4H3,(H,32,33,37). The molecule has 4 aromatic rings. The number of nitrogens with zero attached hydrogens (tertiary/aromatic N) is 3. The Morgan fingerprint density at radius 3 is 2.20 bits per heavy atom. The van der Waals surface area contributed by atoms with Crippen molar-refractivity contribution in [3.8, 4) is 28.3 Å². The molecule has 0 aliphatic rings. The van der Waals surface area contributed by atoms with Gasteiger partial charge in [-0.05, 0) is 49.2 Å². The third kappa shape index (κ3) is 6.32. The largest absolute Gasteiger partial charge is 0.493 e. The Labute approximate surface area is 234 Å². The molecule has 1 heterocycles. The lowest BCUT2D eigenvalue weighted by Gasteiger charge is -2.30. The highest BCUT2D eigenvalue weighted by Gasteiger charge is 2.30. The third-order valence-corrected chi connectivity index (χ3v) is 6.59. The second-order valence-corrected chi connectivity index (χ2v) is 9.50. The molecule has 0 bridgehead atoms. The molecule has 2 N–H and O–H groups in total. The number of methoxy groups -OCH3 is 2. The minimum absolute atomic E-state index is 0.216. The highest BCUT2D eigenvalue weighted by Crippen LogP contribution is 2.32. The van der Waals surface area contributed by atoms with Gasteiger partial charge in [-0.2, -0.15) is 0 Å². The first-order valence-electron chi connectivity index (χ1n) is 13.0. The molecule has 1 atom stereocenters. The van der Waals surface area contributed by atoms with Gasteiger partial charge in [0.25, 0.3) is 0 Å². The van der Waals surface area contributed by atoms with E-state index in [4.69, 9.17) is 9.47 Å². The van der Waals surface area contributed by atoms with Crippen LogP contribution in [0.4, 0.5) is 5.82 Å². The Kier molecular flexibility index (Phi) is 9.19. The van der Waals surface area contributed by atoms with Crippen LogP contribution < -0.4 is 14.8 Å². The van der Waals surface area contributed by atoms with Crippen LogP contribution in [0.15, 0.2) is 85.1 Å². The normalized spacial score (nSPS) is 11.7. The second kappa shape index (κ2) is 12.9. The fourth-order valence-electron chi connectivity index (χ4n) is 4.45. The van der Waals surface area contributed by atoms with Crippen molar-refractivity contribution in [2.24, 2.45) is 0 Å². The highest BCUT2D eigenvalue weighted by molar-refractivity contribution is 5.97. The SMILES string of the molecule is COc1ccc(C(CO)C(=O)N(CC(=O)Nc2nn(-c3ccccc3)cc2-c2ccccc2)C(C)C)cc1OC. The summed E-state index contributed by atoms with van der Waals surface area (Å²) >= 11 is 0. The van der Waals surface area contributed by atoms with Gasteiger partial charge in [-0.25, -0.2) is 4.68 Å². The van der Waals surface area contributed by atoms with Crippen molar-refractivity contribution in [2.45, 2.75) is 25.8 Å². The van der Waals surface area contributed by atoms with Gasteiger partial charge >= 0.3 is 0 Å². The van der Waals surface area contributed by atoms with E-state index in [1.807, 2.05) is 80.7 Å². The zero-order chi connectivity index (χ0) is 28.6. The van der Waals surface area contributed by atoms with Crippen molar-refractivity contribution in [2.75, 3.05) is 32.7 Å². The molecule has 208 valence electrons. The molecule has 40 heavy (non-hydrogen) atoms. The summed E-state index contributed by atoms with van der Waals surface area (Å²) in [5, 5.41) is 17.7. The molecule has 0 aliphatic heterocycles. The van der Waals surface area contributed by atoms with Crippen LogP contribution in [0.1, 0.15) is 25.3 Å². The molecule has 9 heteroatoms. The molecule has 4 rings (SSSR count). The lowest BCUT2D eigenvalue weighted by atomic mass is 9.97. The van der Waals surface area contributed by atoms with E-state index in [2.05, 4.69) is 10.4 Å². The number of rotatable bonds is 11. The minimum Gasteiger partial charge on any atom is -0.493 e. The number of anilines is 1. The van der Waals surface area contributed by atoms with Crippen molar-refractivity contribution in [1.82, 2.24) is 14.7 Å². The van der Waals surface area contributed by atoms with E-state index in [0.717, 1.165) is 16.8 Å². The van der Waals surface area contributed by atoms with Crippen LogP contribution in [0.25, 0.3) is 16.8 Å². The number of aromatic nitrogens is 2. The lowest BCUT2D eigenvalue weighted by molar-refractivity contribution is -0.138. The number of carbonyl (C=O) groups excluding carboxylic acids is 2. The Morgan fingerprint density at radius 2 is 1.60 bits per heavy atom. The molecular weight excluding hydrogens is 508 g/mol. The number of hydrogen-bond donors (Lipinski definition) is 2. The van der Waals surface area contributed by atoms with Crippen LogP contribution >= 0.6 is 0 Å². The van der Waals surface area contributed by atoms with Crippen LogP contribution in [0, 0.1) is 0 Å². The van der Waals surface area contributed by atoms with Crippen LogP contribution in [-0.4, -0.2) is 65.0 Å². The van der Waals surface area contributed by atoms with Crippen molar-refractivity contribution >= 4 is 17.6 Å². The Bertz CT molecular complexity index is 1440. The van der Waals surface area contributed by atoms with Crippen molar-refractivity contribution in [1.29, 1.82) is 0 Å². The molecule has 0 spiro atoms. The average molecular weight is 543 g/mol. The number of hydrogen-bond acceptors (Lipinski definition) is 6. The number of nitrogens with one attached hydrogen (secondary N) is 1. The highest BCUT2D eigenvalue weighted by atomic mass is 16.5. The summed E-state index contributed by atoms with van der Waals surface area (Å²) in [6.07, 6.45) is 1.87. The number of amides is 2. The maximum atomic E-state index is 13.6. The summed E-state index contributed by atoms with van der Waals surface area (Å²) in [5.41, 5.74) is 3.05. The van der Waals surface area contributed by atoms with Crippen LogP contribution in [0.5, 0.6) is 11.5 Å². The molecule has 0 saturated heterocycles. The van der Waals surface area contributed by atoms with E-state index in [1.54, 1.807) is 22.9 Å². The summed E-state index contributed by atoms with van der Waals surface area (Å²) < 4.78 is 12.4. The van der Waals surface area contributed by atoms with E-state index in [1.165, 1.54) is 19.1 Å². The van der Waals surface area contributed by atoms with Gasteiger partial charge in [0, 0.05) is 17.8 Å². The fourth-order valence-corrected chi connectivity index (χ4v) is 4.45. The first kappa shape index (κ1) is 28.4. The number of benzene rings is 3. The Morgan fingerprint density at radius 1 is 0.950 bits per heavy atom.